The van der Waals surface area contributed by atoms with E-state index in [9.17, 15) is 13.6 Å². The molecular formula is C16H17F2NO3S. The van der Waals surface area contributed by atoms with E-state index in [-0.39, 0.29) is 17.2 Å². The fraction of sp³-hybridized carbons (Fsp3) is 0.312. The SMILES string of the molecule is Cc1cc(OC(F)F)c(C(=O)NCCc2ccc(CO)cc2)s1. The van der Waals surface area contributed by atoms with Gasteiger partial charge < -0.3 is 15.2 Å². The second-order valence-corrected chi connectivity index (χ2v) is 6.17. The van der Waals surface area contributed by atoms with Crippen LogP contribution >= 0.6 is 11.3 Å². The number of thiophene rings is 1. The number of hydrogen-bond donors (Lipinski definition) is 2. The minimum Gasteiger partial charge on any atom is -0.433 e. The molecule has 4 nitrogen and oxygen atoms in total. The second-order valence-electron chi connectivity index (χ2n) is 4.91. The Kier molecular flexibility index (Phi) is 6.06. The van der Waals surface area contributed by atoms with Gasteiger partial charge in [-0.1, -0.05) is 24.3 Å². The Labute approximate surface area is 136 Å². The van der Waals surface area contributed by atoms with Crippen LogP contribution in [0.1, 0.15) is 25.7 Å². The number of ether oxygens (including phenoxy) is 1. The zero-order valence-corrected chi connectivity index (χ0v) is 13.3. The lowest BCUT2D eigenvalue weighted by Crippen LogP contribution is -2.25. The smallest absolute Gasteiger partial charge is 0.387 e. The first-order valence-corrected chi connectivity index (χ1v) is 7.83. The lowest BCUT2D eigenvalue weighted by atomic mass is 10.1. The van der Waals surface area contributed by atoms with Gasteiger partial charge in [-0.15, -0.1) is 11.3 Å². The molecule has 0 fully saturated rings. The molecule has 0 saturated heterocycles. The predicted octanol–water partition coefficient (Wildman–Crippen LogP) is 3.12. The van der Waals surface area contributed by atoms with Crippen molar-refractivity contribution < 1.29 is 23.4 Å². The zero-order valence-electron chi connectivity index (χ0n) is 12.5. The van der Waals surface area contributed by atoms with Gasteiger partial charge in [-0.25, -0.2) is 0 Å². The number of benzene rings is 1. The van der Waals surface area contributed by atoms with E-state index in [1.165, 1.54) is 6.07 Å². The van der Waals surface area contributed by atoms with Crippen LogP contribution in [0.15, 0.2) is 30.3 Å². The van der Waals surface area contributed by atoms with Crippen molar-refractivity contribution in [2.45, 2.75) is 26.6 Å². The highest BCUT2D eigenvalue weighted by atomic mass is 32.1. The van der Waals surface area contributed by atoms with Crippen molar-refractivity contribution in [1.29, 1.82) is 0 Å². The quantitative estimate of drug-likeness (QED) is 0.813. The van der Waals surface area contributed by atoms with Gasteiger partial charge in [-0.3, -0.25) is 4.79 Å². The molecule has 0 aliphatic carbocycles. The molecule has 2 aromatic rings. The lowest BCUT2D eigenvalue weighted by Gasteiger charge is -2.07. The van der Waals surface area contributed by atoms with E-state index in [0.717, 1.165) is 27.3 Å². The molecule has 7 heteroatoms. The maximum atomic E-state index is 12.3. The third-order valence-corrected chi connectivity index (χ3v) is 4.18. The van der Waals surface area contributed by atoms with E-state index >= 15 is 0 Å². The number of alkyl halides is 2. The Hall–Kier alpha value is -1.99. The van der Waals surface area contributed by atoms with Crippen molar-refractivity contribution in [3.8, 4) is 5.75 Å². The number of aliphatic hydroxyl groups excluding tert-OH is 1. The minimum absolute atomic E-state index is 0.0122. The summed E-state index contributed by atoms with van der Waals surface area (Å²) < 4.78 is 29.1. The van der Waals surface area contributed by atoms with Crippen LogP contribution in [0.4, 0.5) is 8.78 Å². The van der Waals surface area contributed by atoms with E-state index in [1.807, 2.05) is 24.3 Å². The summed E-state index contributed by atoms with van der Waals surface area (Å²) in [6.07, 6.45) is 0.604. The number of nitrogens with one attached hydrogen (secondary N) is 1. The highest BCUT2D eigenvalue weighted by Crippen LogP contribution is 2.30. The number of hydrogen-bond acceptors (Lipinski definition) is 4. The van der Waals surface area contributed by atoms with Crippen LogP contribution in [0.3, 0.4) is 0 Å². The second kappa shape index (κ2) is 8.03. The number of aliphatic hydroxyl groups is 1. The van der Waals surface area contributed by atoms with Gasteiger partial charge in [0.2, 0.25) is 0 Å². The van der Waals surface area contributed by atoms with Crippen molar-refractivity contribution in [2.24, 2.45) is 0 Å². The summed E-state index contributed by atoms with van der Waals surface area (Å²) >= 11 is 1.12. The van der Waals surface area contributed by atoms with Crippen molar-refractivity contribution >= 4 is 17.2 Å². The number of halogens is 2. The normalized spacial score (nSPS) is 10.8. The van der Waals surface area contributed by atoms with Crippen LogP contribution in [0.25, 0.3) is 0 Å². The molecule has 124 valence electrons. The van der Waals surface area contributed by atoms with Crippen molar-refractivity contribution in [1.82, 2.24) is 5.32 Å². The number of aryl methyl sites for hydroxylation is 1. The molecule has 0 radical (unpaired) electrons. The number of carbonyl (C=O) groups is 1. The monoisotopic (exact) mass is 341 g/mol. The average Bonchev–Trinajstić information content (AvgIpc) is 2.87. The highest BCUT2D eigenvalue weighted by molar-refractivity contribution is 7.14. The third-order valence-electron chi connectivity index (χ3n) is 3.15. The van der Waals surface area contributed by atoms with Gasteiger partial charge in [0.05, 0.1) is 6.61 Å². The molecule has 1 aromatic carbocycles. The molecule has 0 aliphatic heterocycles. The standard InChI is InChI=1S/C16H17F2NO3S/c1-10-8-13(22-16(17)18)14(23-10)15(21)19-7-6-11-2-4-12(9-20)5-3-11/h2-5,8,16,20H,6-7,9H2,1H3,(H,19,21). The van der Waals surface area contributed by atoms with Gasteiger partial charge in [0.15, 0.2) is 0 Å². The van der Waals surface area contributed by atoms with Crippen LogP contribution < -0.4 is 10.1 Å². The predicted molar refractivity (Wildman–Crippen MR) is 84.1 cm³/mol. The minimum atomic E-state index is -2.96. The Morgan fingerprint density at radius 1 is 1.30 bits per heavy atom. The van der Waals surface area contributed by atoms with Gasteiger partial charge in [0.25, 0.3) is 5.91 Å². The summed E-state index contributed by atoms with van der Waals surface area (Å²) in [6, 6.07) is 8.80. The first-order valence-electron chi connectivity index (χ1n) is 7.01. The number of amides is 1. The molecule has 1 amide bonds. The van der Waals surface area contributed by atoms with E-state index in [1.54, 1.807) is 6.92 Å². The van der Waals surface area contributed by atoms with Crippen LogP contribution in [0, 0.1) is 6.92 Å². The maximum absolute atomic E-state index is 12.3. The largest absolute Gasteiger partial charge is 0.433 e. The van der Waals surface area contributed by atoms with Crippen LogP contribution in [-0.2, 0) is 13.0 Å². The summed E-state index contributed by atoms with van der Waals surface area (Å²) in [5.74, 6) is -0.516. The molecule has 1 heterocycles. The topological polar surface area (TPSA) is 58.6 Å². The molecule has 0 saturated carbocycles. The van der Waals surface area contributed by atoms with Crippen LogP contribution in [-0.4, -0.2) is 24.2 Å². The molecule has 0 bridgehead atoms. The Morgan fingerprint density at radius 3 is 2.57 bits per heavy atom. The molecule has 0 atom stereocenters. The lowest BCUT2D eigenvalue weighted by molar-refractivity contribution is -0.0498. The molecule has 0 unspecified atom stereocenters. The molecular weight excluding hydrogens is 324 g/mol. The van der Waals surface area contributed by atoms with E-state index in [2.05, 4.69) is 10.1 Å². The van der Waals surface area contributed by atoms with Gasteiger partial charge in [-0.2, -0.15) is 8.78 Å². The van der Waals surface area contributed by atoms with Gasteiger partial charge in [-0.05, 0) is 30.5 Å². The van der Waals surface area contributed by atoms with E-state index in [0.29, 0.717) is 13.0 Å². The van der Waals surface area contributed by atoms with E-state index in [4.69, 9.17) is 5.11 Å². The summed E-state index contributed by atoms with van der Waals surface area (Å²) in [7, 11) is 0. The van der Waals surface area contributed by atoms with E-state index < -0.39 is 12.5 Å². The Balaban J connectivity index is 1.91. The molecule has 23 heavy (non-hydrogen) atoms. The van der Waals surface area contributed by atoms with Crippen molar-refractivity contribution in [2.75, 3.05) is 6.54 Å². The number of rotatable bonds is 7. The van der Waals surface area contributed by atoms with Crippen molar-refractivity contribution in [3.05, 3.63) is 51.2 Å². The van der Waals surface area contributed by atoms with Crippen LogP contribution in [0.5, 0.6) is 5.75 Å². The molecule has 2 rings (SSSR count). The number of carbonyl (C=O) groups excluding carboxylic acids is 1. The summed E-state index contributed by atoms with van der Waals surface area (Å²) in [6.45, 7) is -0.868. The Morgan fingerprint density at radius 2 is 1.96 bits per heavy atom. The zero-order chi connectivity index (χ0) is 16.8. The first kappa shape index (κ1) is 17.4. The van der Waals surface area contributed by atoms with Gasteiger partial charge >= 0.3 is 6.61 Å². The van der Waals surface area contributed by atoms with Gasteiger partial charge in [0.1, 0.15) is 10.6 Å². The summed E-state index contributed by atoms with van der Waals surface area (Å²) in [4.78, 5) is 13.0. The van der Waals surface area contributed by atoms with Crippen molar-refractivity contribution in [3.63, 3.8) is 0 Å². The molecule has 0 aliphatic rings. The third kappa shape index (κ3) is 5.01. The molecule has 1 aromatic heterocycles. The fourth-order valence-corrected chi connectivity index (χ4v) is 2.91. The highest BCUT2D eigenvalue weighted by Gasteiger charge is 2.18. The van der Waals surface area contributed by atoms with Crippen LogP contribution in [0.2, 0.25) is 0 Å². The van der Waals surface area contributed by atoms with Gasteiger partial charge in [0, 0.05) is 11.4 Å². The molecule has 0 spiro atoms. The Bertz CT molecular complexity index is 656. The fourth-order valence-electron chi connectivity index (χ4n) is 2.04. The first-order chi connectivity index (χ1) is 11.0. The molecule has 2 N–H and O–H groups in total. The summed E-state index contributed by atoms with van der Waals surface area (Å²) in [5, 5.41) is 11.7. The summed E-state index contributed by atoms with van der Waals surface area (Å²) in [5.41, 5.74) is 1.83. The maximum Gasteiger partial charge on any atom is 0.387 e. The average molecular weight is 341 g/mol.